The Hall–Kier alpha value is -1.77. The number of amides is 1. The molecule has 0 spiro atoms. The van der Waals surface area contributed by atoms with Crippen molar-refractivity contribution in [3.8, 4) is 0 Å². The van der Waals surface area contributed by atoms with E-state index in [4.69, 9.17) is 4.42 Å². The zero-order valence-electron chi connectivity index (χ0n) is 10.9. The van der Waals surface area contributed by atoms with Crippen molar-refractivity contribution in [1.29, 1.82) is 0 Å². The summed E-state index contributed by atoms with van der Waals surface area (Å²) in [5, 5.41) is 4.07. The van der Waals surface area contributed by atoms with E-state index in [-0.39, 0.29) is 5.91 Å². The van der Waals surface area contributed by atoms with Gasteiger partial charge in [-0.15, -0.1) is 0 Å². The van der Waals surface area contributed by atoms with Gasteiger partial charge in [0.1, 0.15) is 5.58 Å². The molecule has 1 N–H and O–H groups in total. The van der Waals surface area contributed by atoms with Crippen LogP contribution in [-0.2, 0) is 11.2 Å². The Morgan fingerprint density at radius 2 is 2.11 bits per heavy atom. The summed E-state index contributed by atoms with van der Waals surface area (Å²) in [6, 6.07) is 7.96. The molecule has 0 unspecified atom stereocenters. The molecule has 0 saturated heterocycles. The van der Waals surface area contributed by atoms with Gasteiger partial charge in [-0.3, -0.25) is 4.79 Å². The van der Waals surface area contributed by atoms with Gasteiger partial charge in [-0.2, -0.15) is 0 Å². The first kappa shape index (κ1) is 12.7. The second kappa shape index (κ2) is 5.71. The minimum absolute atomic E-state index is 0.123. The van der Waals surface area contributed by atoms with Crippen LogP contribution >= 0.6 is 0 Å². The summed E-state index contributed by atoms with van der Waals surface area (Å²) in [4.78, 5) is 11.5. The molecule has 2 aromatic rings. The van der Waals surface area contributed by atoms with Gasteiger partial charge >= 0.3 is 0 Å². The van der Waals surface area contributed by atoms with Gasteiger partial charge in [-0.1, -0.05) is 32.0 Å². The molecule has 0 aliphatic rings. The number of fused-ring (bicyclic) bond motifs is 1. The number of carbonyl (C=O) groups excluding carboxylic acids is 1. The van der Waals surface area contributed by atoms with Crippen molar-refractivity contribution in [2.24, 2.45) is 5.92 Å². The molecule has 1 amide bonds. The van der Waals surface area contributed by atoms with Crippen LogP contribution in [0.25, 0.3) is 11.0 Å². The fraction of sp³-hybridized carbons (Fsp3) is 0.400. The number of hydrogen-bond acceptors (Lipinski definition) is 2. The molecule has 3 heteroatoms. The van der Waals surface area contributed by atoms with Crippen LogP contribution in [0.2, 0.25) is 0 Å². The maximum absolute atomic E-state index is 11.5. The Morgan fingerprint density at radius 1 is 1.33 bits per heavy atom. The van der Waals surface area contributed by atoms with Crippen LogP contribution in [-0.4, -0.2) is 12.5 Å². The molecule has 0 bridgehead atoms. The smallest absolute Gasteiger partial charge is 0.220 e. The summed E-state index contributed by atoms with van der Waals surface area (Å²) in [6.45, 7) is 4.75. The average molecular weight is 245 g/mol. The van der Waals surface area contributed by atoms with Crippen LogP contribution in [0.1, 0.15) is 25.8 Å². The van der Waals surface area contributed by atoms with Gasteiger partial charge in [0.15, 0.2) is 0 Å². The van der Waals surface area contributed by atoms with Crippen molar-refractivity contribution in [2.45, 2.75) is 26.7 Å². The van der Waals surface area contributed by atoms with Gasteiger partial charge < -0.3 is 9.73 Å². The number of para-hydroxylation sites is 1. The van der Waals surface area contributed by atoms with Crippen molar-refractivity contribution < 1.29 is 9.21 Å². The molecule has 1 heterocycles. The van der Waals surface area contributed by atoms with E-state index in [0.29, 0.717) is 18.9 Å². The van der Waals surface area contributed by atoms with Crippen LogP contribution in [0.3, 0.4) is 0 Å². The third-order valence-corrected chi connectivity index (χ3v) is 2.87. The van der Waals surface area contributed by atoms with E-state index in [1.54, 1.807) is 6.26 Å². The Labute approximate surface area is 107 Å². The topological polar surface area (TPSA) is 42.2 Å². The molecule has 96 valence electrons. The lowest BCUT2D eigenvalue weighted by molar-refractivity contribution is -0.121. The van der Waals surface area contributed by atoms with Crippen LogP contribution in [0.5, 0.6) is 0 Å². The largest absolute Gasteiger partial charge is 0.464 e. The molecule has 1 aromatic heterocycles. The lowest BCUT2D eigenvalue weighted by Gasteiger charge is -2.06. The predicted molar refractivity (Wildman–Crippen MR) is 72.4 cm³/mol. The average Bonchev–Trinajstić information content (AvgIpc) is 2.72. The monoisotopic (exact) mass is 245 g/mol. The Morgan fingerprint density at radius 3 is 2.89 bits per heavy atom. The molecule has 0 aliphatic heterocycles. The van der Waals surface area contributed by atoms with Gasteiger partial charge in [0.2, 0.25) is 5.91 Å². The number of rotatable bonds is 5. The maximum atomic E-state index is 11.5. The Balaban J connectivity index is 1.89. The number of furan rings is 1. The molecule has 0 atom stereocenters. The lowest BCUT2D eigenvalue weighted by atomic mass is 10.1. The van der Waals surface area contributed by atoms with E-state index in [2.05, 4.69) is 5.32 Å². The van der Waals surface area contributed by atoms with Crippen LogP contribution < -0.4 is 5.32 Å². The van der Waals surface area contributed by atoms with Crippen LogP contribution in [0.15, 0.2) is 34.9 Å². The number of nitrogens with one attached hydrogen (secondary N) is 1. The third kappa shape index (κ3) is 3.13. The van der Waals surface area contributed by atoms with E-state index in [1.807, 2.05) is 38.1 Å². The first-order valence-electron chi connectivity index (χ1n) is 6.38. The molecule has 0 radical (unpaired) electrons. The molecule has 2 rings (SSSR count). The minimum Gasteiger partial charge on any atom is -0.464 e. The molecule has 18 heavy (non-hydrogen) atoms. The normalized spacial score (nSPS) is 11.1. The number of carbonyl (C=O) groups is 1. The van der Waals surface area contributed by atoms with Crippen LogP contribution in [0, 0.1) is 5.92 Å². The molecular weight excluding hydrogens is 226 g/mol. The molecular formula is C15H19NO2. The summed E-state index contributed by atoms with van der Waals surface area (Å²) < 4.78 is 5.46. The van der Waals surface area contributed by atoms with Crippen LogP contribution in [0.4, 0.5) is 0 Å². The predicted octanol–water partition coefficient (Wildman–Crippen LogP) is 3.14. The summed E-state index contributed by atoms with van der Waals surface area (Å²) >= 11 is 0. The molecule has 0 aliphatic carbocycles. The fourth-order valence-electron chi connectivity index (χ4n) is 2.01. The number of benzene rings is 1. The van der Waals surface area contributed by atoms with Gasteiger partial charge in [0.25, 0.3) is 0 Å². The second-order valence-electron chi connectivity index (χ2n) is 4.96. The maximum Gasteiger partial charge on any atom is 0.220 e. The number of hydrogen-bond donors (Lipinski definition) is 1. The highest BCUT2D eigenvalue weighted by Gasteiger charge is 2.07. The van der Waals surface area contributed by atoms with E-state index in [1.165, 1.54) is 0 Å². The molecule has 0 saturated carbocycles. The highest BCUT2D eigenvalue weighted by atomic mass is 16.3. The summed E-state index contributed by atoms with van der Waals surface area (Å²) in [6.07, 6.45) is 3.17. The van der Waals surface area contributed by atoms with Crippen molar-refractivity contribution >= 4 is 16.9 Å². The third-order valence-electron chi connectivity index (χ3n) is 2.87. The molecule has 1 aromatic carbocycles. The molecule has 3 nitrogen and oxygen atoms in total. The van der Waals surface area contributed by atoms with Gasteiger partial charge in [-0.05, 0) is 24.0 Å². The summed E-state index contributed by atoms with van der Waals surface area (Å²) in [5.41, 5.74) is 2.05. The van der Waals surface area contributed by atoms with E-state index >= 15 is 0 Å². The van der Waals surface area contributed by atoms with Gasteiger partial charge in [0, 0.05) is 18.4 Å². The standard InChI is InChI=1S/C15H19NO2/c1-11(2)9-15(17)16-8-7-12-10-18-14-6-4-3-5-13(12)14/h3-6,10-11H,7-9H2,1-2H3,(H,16,17). The summed E-state index contributed by atoms with van der Waals surface area (Å²) in [7, 11) is 0. The fourth-order valence-corrected chi connectivity index (χ4v) is 2.01. The van der Waals surface area contributed by atoms with E-state index in [0.717, 1.165) is 23.0 Å². The highest BCUT2D eigenvalue weighted by Crippen LogP contribution is 2.20. The van der Waals surface area contributed by atoms with E-state index < -0.39 is 0 Å². The Bertz CT molecular complexity index is 528. The van der Waals surface area contributed by atoms with Gasteiger partial charge in [0.05, 0.1) is 6.26 Å². The second-order valence-corrected chi connectivity index (χ2v) is 4.96. The first-order chi connectivity index (χ1) is 8.66. The van der Waals surface area contributed by atoms with Crippen molar-refractivity contribution in [1.82, 2.24) is 5.32 Å². The zero-order chi connectivity index (χ0) is 13.0. The highest BCUT2D eigenvalue weighted by molar-refractivity contribution is 5.81. The zero-order valence-corrected chi connectivity index (χ0v) is 10.9. The molecule has 0 fully saturated rings. The first-order valence-corrected chi connectivity index (χ1v) is 6.38. The Kier molecular flexibility index (Phi) is 4.03. The van der Waals surface area contributed by atoms with Gasteiger partial charge in [-0.25, -0.2) is 0 Å². The van der Waals surface area contributed by atoms with Crippen molar-refractivity contribution in [3.05, 3.63) is 36.1 Å². The van der Waals surface area contributed by atoms with E-state index in [9.17, 15) is 4.79 Å². The van der Waals surface area contributed by atoms with Crippen molar-refractivity contribution in [2.75, 3.05) is 6.54 Å². The SMILES string of the molecule is CC(C)CC(=O)NCCc1coc2ccccc12. The quantitative estimate of drug-likeness (QED) is 0.879. The summed E-state index contributed by atoms with van der Waals surface area (Å²) in [5.74, 6) is 0.526. The van der Waals surface area contributed by atoms with Crippen molar-refractivity contribution in [3.63, 3.8) is 0 Å². The lowest BCUT2D eigenvalue weighted by Crippen LogP contribution is -2.26. The minimum atomic E-state index is 0.123.